The topological polar surface area (TPSA) is 82.9 Å². The molecule has 5 N–H and O–H groups in total. The summed E-state index contributed by atoms with van der Waals surface area (Å²) in [6, 6.07) is 11.8. The second-order valence-corrected chi connectivity index (χ2v) is 5.94. The van der Waals surface area contributed by atoms with Crippen LogP contribution in [-0.4, -0.2) is 18.1 Å². The summed E-state index contributed by atoms with van der Waals surface area (Å²) in [6.07, 6.45) is 0. The number of carbonyl (C=O) groups excluding carboxylic acids is 1. The van der Waals surface area contributed by atoms with Crippen molar-refractivity contribution in [3.63, 3.8) is 0 Å². The maximum absolute atomic E-state index is 10.9. The average molecular weight is 300 g/mol. The number of rotatable bonds is 4. The Hall–Kier alpha value is -2.31. The van der Waals surface area contributed by atoms with Gasteiger partial charge in [-0.2, -0.15) is 0 Å². The van der Waals surface area contributed by atoms with Crippen LogP contribution in [0.15, 0.2) is 36.4 Å². The van der Waals surface area contributed by atoms with E-state index in [1.807, 2.05) is 19.2 Å². The van der Waals surface area contributed by atoms with Crippen LogP contribution in [0.2, 0.25) is 0 Å². The SMILES string of the molecule is CNCc1ccc(-c2ccc3cc(NC(N)=O)[nH]c3c2)s1. The van der Waals surface area contributed by atoms with Gasteiger partial charge in [0.25, 0.3) is 0 Å². The second kappa shape index (κ2) is 5.59. The number of aromatic nitrogens is 1. The van der Waals surface area contributed by atoms with Crippen molar-refractivity contribution in [3.8, 4) is 10.4 Å². The van der Waals surface area contributed by atoms with Gasteiger partial charge in [0.05, 0.1) is 0 Å². The highest BCUT2D eigenvalue weighted by Crippen LogP contribution is 2.31. The first-order chi connectivity index (χ1) is 10.2. The molecule has 0 fully saturated rings. The second-order valence-electron chi connectivity index (χ2n) is 4.77. The Balaban J connectivity index is 1.93. The number of primary amides is 1. The van der Waals surface area contributed by atoms with Crippen LogP contribution in [0.5, 0.6) is 0 Å². The minimum absolute atomic E-state index is 0.572. The number of fused-ring (bicyclic) bond motifs is 1. The van der Waals surface area contributed by atoms with Gasteiger partial charge in [-0.15, -0.1) is 11.3 Å². The van der Waals surface area contributed by atoms with Gasteiger partial charge in [-0.3, -0.25) is 5.32 Å². The molecule has 3 rings (SSSR count). The van der Waals surface area contributed by atoms with Gasteiger partial charge in [-0.1, -0.05) is 12.1 Å². The number of anilines is 1. The van der Waals surface area contributed by atoms with E-state index < -0.39 is 6.03 Å². The number of nitrogens with two attached hydrogens (primary N) is 1. The highest BCUT2D eigenvalue weighted by atomic mass is 32.1. The van der Waals surface area contributed by atoms with Gasteiger partial charge in [-0.25, -0.2) is 4.79 Å². The van der Waals surface area contributed by atoms with E-state index in [1.54, 1.807) is 11.3 Å². The Morgan fingerprint density at radius 3 is 2.90 bits per heavy atom. The van der Waals surface area contributed by atoms with E-state index in [1.165, 1.54) is 9.75 Å². The fourth-order valence-corrected chi connectivity index (χ4v) is 3.30. The Morgan fingerprint density at radius 2 is 2.14 bits per heavy atom. The first-order valence-electron chi connectivity index (χ1n) is 6.58. The van der Waals surface area contributed by atoms with Crippen LogP contribution in [0.4, 0.5) is 10.6 Å². The number of amides is 2. The largest absolute Gasteiger partial charge is 0.351 e. The van der Waals surface area contributed by atoms with Crippen molar-refractivity contribution in [2.75, 3.05) is 12.4 Å². The molecule has 0 saturated heterocycles. The third-order valence-electron chi connectivity index (χ3n) is 3.18. The van der Waals surface area contributed by atoms with E-state index in [0.717, 1.165) is 23.0 Å². The predicted octanol–water partition coefficient (Wildman–Crippen LogP) is 3.11. The molecule has 0 atom stereocenters. The third kappa shape index (κ3) is 2.91. The van der Waals surface area contributed by atoms with E-state index >= 15 is 0 Å². The normalized spacial score (nSPS) is 10.9. The summed E-state index contributed by atoms with van der Waals surface area (Å²) in [4.78, 5) is 16.6. The summed E-state index contributed by atoms with van der Waals surface area (Å²) in [5.41, 5.74) is 7.25. The number of urea groups is 1. The maximum Gasteiger partial charge on any atom is 0.317 e. The van der Waals surface area contributed by atoms with E-state index in [0.29, 0.717) is 5.82 Å². The lowest BCUT2D eigenvalue weighted by atomic mass is 10.1. The van der Waals surface area contributed by atoms with Crippen LogP contribution in [0.25, 0.3) is 21.3 Å². The lowest BCUT2D eigenvalue weighted by molar-refractivity contribution is 0.259. The smallest absolute Gasteiger partial charge is 0.317 e. The zero-order valence-electron chi connectivity index (χ0n) is 11.6. The van der Waals surface area contributed by atoms with Crippen LogP contribution in [-0.2, 0) is 6.54 Å². The molecule has 2 amide bonds. The van der Waals surface area contributed by atoms with Gasteiger partial charge in [0, 0.05) is 27.2 Å². The molecule has 0 saturated carbocycles. The van der Waals surface area contributed by atoms with E-state index in [-0.39, 0.29) is 0 Å². The number of hydrogen-bond acceptors (Lipinski definition) is 3. The fraction of sp³-hybridized carbons (Fsp3) is 0.133. The Kier molecular flexibility index (Phi) is 3.64. The van der Waals surface area contributed by atoms with Crippen LogP contribution >= 0.6 is 11.3 Å². The molecule has 0 spiro atoms. The van der Waals surface area contributed by atoms with Crippen LogP contribution < -0.4 is 16.4 Å². The lowest BCUT2D eigenvalue weighted by Gasteiger charge is -1.98. The quantitative estimate of drug-likeness (QED) is 0.597. The molecule has 0 aliphatic rings. The Morgan fingerprint density at radius 1 is 1.29 bits per heavy atom. The number of nitrogens with one attached hydrogen (secondary N) is 3. The molecule has 0 aliphatic carbocycles. The van der Waals surface area contributed by atoms with Crippen molar-refractivity contribution in [2.24, 2.45) is 5.73 Å². The molecular formula is C15H16N4OS. The molecule has 2 heterocycles. The molecule has 0 aliphatic heterocycles. The minimum atomic E-state index is -0.572. The van der Waals surface area contributed by atoms with Crippen molar-refractivity contribution < 1.29 is 4.79 Å². The summed E-state index contributed by atoms with van der Waals surface area (Å²) in [5.74, 6) is 0.608. The first-order valence-corrected chi connectivity index (χ1v) is 7.40. The maximum atomic E-state index is 10.9. The van der Waals surface area contributed by atoms with Crippen molar-refractivity contribution in [1.29, 1.82) is 0 Å². The Bertz CT molecular complexity index is 790. The highest BCUT2D eigenvalue weighted by molar-refractivity contribution is 7.15. The fourth-order valence-electron chi connectivity index (χ4n) is 2.28. The standard InChI is InChI=1S/C15H16N4OS/c1-17-8-11-4-5-13(21-11)10-3-2-9-7-14(19-15(16)20)18-12(9)6-10/h2-7,17-18H,8H2,1H3,(H3,16,19,20). The molecule has 2 aromatic heterocycles. The average Bonchev–Trinajstić information content (AvgIpc) is 3.03. The molecule has 108 valence electrons. The summed E-state index contributed by atoms with van der Waals surface area (Å²) in [5, 5.41) is 6.74. The molecule has 3 aromatic rings. The van der Waals surface area contributed by atoms with Gasteiger partial charge in [0.15, 0.2) is 0 Å². The van der Waals surface area contributed by atoms with Gasteiger partial charge >= 0.3 is 6.03 Å². The van der Waals surface area contributed by atoms with E-state index in [2.05, 4.69) is 39.9 Å². The Labute approximate surface area is 126 Å². The predicted molar refractivity (Wildman–Crippen MR) is 87.6 cm³/mol. The highest BCUT2D eigenvalue weighted by Gasteiger charge is 2.06. The number of aromatic amines is 1. The molecule has 6 heteroatoms. The van der Waals surface area contributed by atoms with Gasteiger partial charge in [-0.05, 0) is 36.9 Å². The summed E-state index contributed by atoms with van der Waals surface area (Å²) in [6.45, 7) is 0.877. The van der Waals surface area contributed by atoms with Crippen LogP contribution in [0, 0.1) is 0 Å². The van der Waals surface area contributed by atoms with Crippen molar-refractivity contribution in [3.05, 3.63) is 41.3 Å². The van der Waals surface area contributed by atoms with Crippen molar-refractivity contribution in [1.82, 2.24) is 10.3 Å². The molecule has 1 aromatic carbocycles. The van der Waals surface area contributed by atoms with E-state index in [9.17, 15) is 4.79 Å². The number of carbonyl (C=O) groups is 1. The molecule has 0 unspecified atom stereocenters. The monoisotopic (exact) mass is 300 g/mol. The molecule has 5 nitrogen and oxygen atoms in total. The van der Waals surface area contributed by atoms with Gasteiger partial charge < -0.3 is 16.0 Å². The number of hydrogen-bond donors (Lipinski definition) is 4. The summed E-state index contributed by atoms with van der Waals surface area (Å²) in [7, 11) is 1.94. The molecular weight excluding hydrogens is 284 g/mol. The number of H-pyrrole nitrogens is 1. The third-order valence-corrected chi connectivity index (χ3v) is 4.31. The van der Waals surface area contributed by atoms with E-state index in [4.69, 9.17) is 5.73 Å². The van der Waals surface area contributed by atoms with Crippen molar-refractivity contribution >= 4 is 34.1 Å². The lowest BCUT2D eigenvalue weighted by Crippen LogP contribution is -2.19. The molecule has 0 bridgehead atoms. The summed E-state index contributed by atoms with van der Waals surface area (Å²) < 4.78 is 0. The zero-order chi connectivity index (χ0) is 14.8. The number of benzene rings is 1. The zero-order valence-corrected chi connectivity index (χ0v) is 12.4. The van der Waals surface area contributed by atoms with Crippen LogP contribution in [0.3, 0.4) is 0 Å². The van der Waals surface area contributed by atoms with Gasteiger partial charge in [0.2, 0.25) is 0 Å². The van der Waals surface area contributed by atoms with Crippen LogP contribution in [0.1, 0.15) is 4.88 Å². The molecule has 21 heavy (non-hydrogen) atoms. The number of thiophene rings is 1. The van der Waals surface area contributed by atoms with Gasteiger partial charge in [0.1, 0.15) is 5.82 Å². The first kappa shape index (κ1) is 13.7. The minimum Gasteiger partial charge on any atom is -0.351 e. The molecule has 0 radical (unpaired) electrons. The van der Waals surface area contributed by atoms with Crippen molar-refractivity contribution in [2.45, 2.75) is 6.54 Å². The summed E-state index contributed by atoms with van der Waals surface area (Å²) >= 11 is 1.77.